The average molecular weight is 305 g/mol. The largest absolute Gasteiger partial charge is 0.496 e. The summed E-state index contributed by atoms with van der Waals surface area (Å²) in [5.41, 5.74) is 0.299. The molecule has 1 amide bonds. The second-order valence-corrected chi connectivity index (χ2v) is 4.34. The molecule has 5 nitrogen and oxygen atoms in total. The molecule has 2 aromatic rings. The third kappa shape index (κ3) is 3.11. The Hall–Kier alpha value is -2.76. The molecule has 2 rings (SSSR count). The number of amides is 1. The van der Waals surface area contributed by atoms with Gasteiger partial charge in [-0.1, -0.05) is 12.1 Å². The molecule has 6 heteroatoms. The molecule has 0 heterocycles. The minimum atomic E-state index is -0.518. The fourth-order valence-electron chi connectivity index (χ4n) is 1.96. The van der Waals surface area contributed by atoms with Gasteiger partial charge in [-0.2, -0.15) is 0 Å². The van der Waals surface area contributed by atoms with Crippen molar-refractivity contribution in [1.82, 2.24) is 0 Å². The molecule has 0 spiro atoms. The van der Waals surface area contributed by atoms with Gasteiger partial charge in [0.2, 0.25) is 0 Å². The molecule has 1 N–H and O–H groups in total. The van der Waals surface area contributed by atoms with Gasteiger partial charge in [-0.25, -0.2) is 4.39 Å². The topological polar surface area (TPSA) is 56.8 Å². The van der Waals surface area contributed by atoms with Gasteiger partial charge in [0, 0.05) is 12.1 Å². The van der Waals surface area contributed by atoms with Gasteiger partial charge < -0.3 is 19.5 Å². The molecule has 0 bridgehead atoms. The van der Waals surface area contributed by atoms with Crippen LogP contribution in [0.15, 0.2) is 36.4 Å². The maximum atomic E-state index is 13.6. The summed E-state index contributed by atoms with van der Waals surface area (Å²) < 4.78 is 29.1. The normalized spacial score (nSPS) is 10.0. The Bertz CT molecular complexity index is 688. The number of halogens is 1. The summed E-state index contributed by atoms with van der Waals surface area (Å²) in [5, 5.41) is 2.50. The standard InChI is InChI=1S/C16H16FNO4/c1-20-13-9-15(22-3)14(21-2)8-10(13)16(19)18-12-7-5-4-6-11(12)17/h4-9H,1-3H3,(H,18,19). The number of rotatable bonds is 5. The van der Waals surface area contributed by atoms with E-state index in [0.717, 1.165) is 0 Å². The zero-order chi connectivity index (χ0) is 16.1. The van der Waals surface area contributed by atoms with E-state index >= 15 is 0 Å². The molecule has 0 atom stereocenters. The summed E-state index contributed by atoms with van der Waals surface area (Å²) in [5.74, 6) is 0.0773. The fourth-order valence-corrected chi connectivity index (χ4v) is 1.96. The number of ether oxygens (including phenoxy) is 3. The molecular formula is C16H16FNO4. The maximum absolute atomic E-state index is 13.6. The molecule has 0 fully saturated rings. The van der Waals surface area contributed by atoms with E-state index in [1.807, 2.05) is 0 Å². The predicted molar refractivity (Wildman–Crippen MR) is 80.5 cm³/mol. The van der Waals surface area contributed by atoms with Crippen molar-refractivity contribution < 1.29 is 23.4 Å². The molecule has 0 aliphatic heterocycles. The lowest BCUT2D eigenvalue weighted by atomic mass is 10.1. The first-order chi connectivity index (χ1) is 10.6. The van der Waals surface area contributed by atoms with E-state index in [0.29, 0.717) is 17.2 Å². The van der Waals surface area contributed by atoms with Crippen LogP contribution >= 0.6 is 0 Å². The van der Waals surface area contributed by atoms with E-state index in [1.165, 1.54) is 45.6 Å². The lowest BCUT2D eigenvalue weighted by Gasteiger charge is -2.14. The van der Waals surface area contributed by atoms with Crippen molar-refractivity contribution in [3.63, 3.8) is 0 Å². The van der Waals surface area contributed by atoms with Crippen LogP contribution < -0.4 is 19.5 Å². The molecule has 0 radical (unpaired) electrons. The molecule has 0 saturated heterocycles. The van der Waals surface area contributed by atoms with Crippen LogP contribution in [0.25, 0.3) is 0 Å². The molecule has 2 aromatic carbocycles. The fraction of sp³-hybridized carbons (Fsp3) is 0.188. The molecule has 0 aliphatic rings. The number of hydrogen-bond donors (Lipinski definition) is 1. The number of carbonyl (C=O) groups is 1. The summed E-state index contributed by atoms with van der Waals surface area (Å²) in [6.07, 6.45) is 0. The minimum Gasteiger partial charge on any atom is -0.496 e. The van der Waals surface area contributed by atoms with E-state index in [2.05, 4.69) is 5.32 Å². The maximum Gasteiger partial charge on any atom is 0.259 e. The first kappa shape index (κ1) is 15.6. The number of para-hydroxylation sites is 1. The van der Waals surface area contributed by atoms with E-state index in [1.54, 1.807) is 12.1 Å². The molecule has 116 valence electrons. The monoisotopic (exact) mass is 305 g/mol. The van der Waals surface area contributed by atoms with Crippen LogP contribution in [0.3, 0.4) is 0 Å². The Labute approximate surface area is 127 Å². The highest BCUT2D eigenvalue weighted by atomic mass is 19.1. The van der Waals surface area contributed by atoms with Crippen molar-refractivity contribution in [3.05, 3.63) is 47.8 Å². The van der Waals surface area contributed by atoms with Gasteiger partial charge in [0.1, 0.15) is 11.6 Å². The van der Waals surface area contributed by atoms with E-state index in [4.69, 9.17) is 14.2 Å². The number of methoxy groups -OCH3 is 3. The van der Waals surface area contributed by atoms with Gasteiger partial charge >= 0.3 is 0 Å². The number of benzene rings is 2. The van der Waals surface area contributed by atoms with Crippen molar-refractivity contribution in [2.45, 2.75) is 0 Å². The summed E-state index contributed by atoms with van der Waals surface area (Å²) >= 11 is 0. The lowest BCUT2D eigenvalue weighted by Crippen LogP contribution is -2.14. The Kier molecular flexibility index (Phi) is 4.83. The smallest absolute Gasteiger partial charge is 0.259 e. The van der Waals surface area contributed by atoms with Crippen LogP contribution in [0.5, 0.6) is 17.2 Å². The van der Waals surface area contributed by atoms with Gasteiger partial charge in [-0.05, 0) is 12.1 Å². The third-order valence-electron chi connectivity index (χ3n) is 3.07. The van der Waals surface area contributed by atoms with Gasteiger partial charge in [0.25, 0.3) is 5.91 Å². The van der Waals surface area contributed by atoms with Crippen LogP contribution in [-0.2, 0) is 0 Å². The second kappa shape index (κ2) is 6.80. The minimum absolute atomic E-state index is 0.0873. The number of nitrogens with one attached hydrogen (secondary N) is 1. The van der Waals surface area contributed by atoms with Crippen molar-refractivity contribution in [3.8, 4) is 17.2 Å². The first-order valence-corrected chi connectivity index (χ1v) is 6.46. The Morgan fingerprint density at radius 2 is 1.55 bits per heavy atom. The average Bonchev–Trinajstić information content (AvgIpc) is 2.55. The first-order valence-electron chi connectivity index (χ1n) is 6.46. The Balaban J connectivity index is 2.38. The van der Waals surface area contributed by atoms with Crippen LogP contribution in [0.2, 0.25) is 0 Å². The van der Waals surface area contributed by atoms with E-state index in [9.17, 15) is 9.18 Å². The quantitative estimate of drug-likeness (QED) is 0.922. The van der Waals surface area contributed by atoms with Crippen LogP contribution in [0, 0.1) is 5.82 Å². The second-order valence-electron chi connectivity index (χ2n) is 4.34. The van der Waals surface area contributed by atoms with Crippen molar-refractivity contribution >= 4 is 11.6 Å². The molecule has 0 aliphatic carbocycles. The molecule has 0 saturated carbocycles. The summed E-state index contributed by atoms with van der Waals surface area (Å²) in [6, 6.07) is 8.93. The highest BCUT2D eigenvalue weighted by Gasteiger charge is 2.18. The van der Waals surface area contributed by atoms with E-state index < -0.39 is 11.7 Å². The van der Waals surface area contributed by atoms with Gasteiger partial charge in [-0.15, -0.1) is 0 Å². The molecular weight excluding hydrogens is 289 g/mol. The van der Waals surface area contributed by atoms with Crippen LogP contribution in [-0.4, -0.2) is 27.2 Å². The van der Waals surface area contributed by atoms with Crippen LogP contribution in [0.4, 0.5) is 10.1 Å². The van der Waals surface area contributed by atoms with Crippen molar-refractivity contribution in [1.29, 1.82) is 0 Å². The van der Waals surface area contributed by atoms with Crippen LogP contribution in [0.1, 0.15) is 10.4 Å². The molecule has 22 heavy (non-hydrogen) atoms. The molecule has 0 unspecified atom stereocenters. The molecule has 0 aromatic heterocycles. The van der Waals surface area contributed by atoms with E-state index in [-0.39, 0.29) is 11.3 Å². The SMILES string of the molecule is COc1cc(OC)c(C(=O)Nc2ccccc2F)cc1OC. The Morgan fingerprint density at radius 3 is 2.14 bits per heavy atom. The van der Waals surface area contributed by atoms with Gasteiger partial charge in [0.05, 0.1) is 32.6 Å². The zero-order valence-corrected chi connectivity index (χ0v) is 12.5. The highest BCUT2D eigenvalue weighted by molar-refractivity contribution is 6.06. The summed E-state index contributed by atoms with van der Waals surface area (Å²) in [6.45, 7) is 0. The number of hydrogen-bond acceptors (Lipinski definition) is 4. The van der Waals surface area contributed by atoms with Gasteiger partial charge in [0.15, 0.2) is 11.5 Å². The van der Waals surface area contributed by atoms with Crippen molar-refractivity contribution in [2.75, 3.05) is 26.6 Å². The third-order valence-corrected chi connectivity index (χ3v) is 3.07. The predicted octanol–water partition coefficient (Wildman–Crippen LogP) is 3.10. The van der Waals surface area contributed by atoms with Crippen molar-refractivity contribution in [2.24, 2.45) is 0 Å². The Morgan fingerprint density at radius 1 is 0.955 bits per heavy atom. The highest BCUT2D eigenvalue weighted by Crippen LogP contribution is 2.35. The lowest BCUT2D eigenvalue weighted by molar-refractivity contribution is 0.102. The summed E-state index contributed by atoms with van der Waals surface area (Å²) in [4.78, 5) is 12.4. The summed E-state index contributed by atoms with van der Waals surface area (Å²) in [7, 11) is 4.38. The zero-order valence-electron chi connectivity index (χ0n) is 12.5. The number of carbonyl (C=O) groups excluding carboxylic acids is 1. The number of anilines is 1. The van der Waals surface area contributed by atoms with Gasteiger partial charge in [-0.3, -0.25) is 4.79 Å².